The molecule has 1 unspecified atom stereocenters. The number of likely N-dealkylation sites (N-methyl/N-ethyl adjacent to an activating group) is 1. The number of halogens is 1. The van der Waals surface area contributed by atoms with Crippen molar-refractivity contribution in [3.8, 4) is 0 Å². The third-order valence-electron chi connectivity index (χ3n) is 6.53. The fourth-order valence-electron chi connectivity index (χ4n) is 4.57. The SMILES string of the molecule is CCN1CCCC1CNC(=NCc1nnc(C)n1C)NCCCC1CCCC1.I. The van der Waals surface area contributed by atoms with Crippen molar-refractivity contribution in [2.45, 2.75) is 77.8 Å². The molecule has 0 bridgehead atoms. The minimum absolute atomic E-state index is 0. The zero-order chi connectivity index (χ0) is 19.8. The zero-order valence-corrected chi connectivity index (χ0v) is 20.8. The lowest BCUT2D eigenvalue weighted by Crippen LogP contribution is -2.45. The summed E-state index contributed by atoms with van der Waals surface area (Å²) in [5.41, 5.74) is 0. The average Bonchev–Trinajstić information content (AvgIpc) is 3.44. The standard InChI is InChI=1S/C21H39N7.HI/c1-4-28-14-8-12-19(28)15-23-21(22-13-7-11-18-9-5-6-10-18)24-16-20-26-25-17(2)27(20)3;/h18-19H,4-16H2,1-3H3,(H2,22,23,24);1H. The molecule has 2 heterocycles. The number of likely N-dealkylation sites (tertiary alicyclic amines) is 1. The molecule has 0 radical (unpaired) electrons. The van der Waals surface area contributed by atoms with Gasteiger partial charge in [-0.15, -0.1) is 34.2 Å². The van der Waals surface area contributed by atoms with Crippen LogP contribution in [0.5, 0.6) is 0 Å². The van der Waals surface area contributed by atoms with Crippen molar-refractivity contribution >= 4 is 29.9 Å². The Kier molecular flexibility index (Phi) is 10.7. The molecule has 1 aromatic rings. The van der Waals surface area contributed by atoms with Gasteiger partial charge in [0, 0.05) is 26.2 Å². The summed E-state index contributed by atoms with van der Waals surface area (Å²) >= 11 is 0. The average molecular weight is 518 g/mol. The third-order valence-corrected chi connectivity index (χ3v) is 6.53. The van der Waals surface area contributed by atoms with Gasteiger partial charge in [0.25, 0.3) is 0 Å². The lowest BCUT2D eigenvalue weighted by molar-refractivity contribution is 0.267. The molecule has 8 heteroatoms. The molecule has 1 aliphatic carbocycles. The van der Waals surface area contributed by atoms with Crippen LogP contribution in [0.4, 0.5) is 0 Å². The molecule has 2 fully saturated rings. The monoisotopic (exact) mass is 517 g/mol. The van der Waals surface area contributed by atoms with Crippen molar-refractivity contribution in [2.75, 3.05) is 26.2 Å². The number of aryl methyl sites for hydroxylation is 1. The second kappa shape index (κ2) is 12.7. The van der Waals surface area contributed by atoms with Crippen LogP contribution in [-0.2, 0) is 13.6 Å². The first-order valence-corrected chi connectivity index (χ1v) is 11.3. The van der Waals surface area contributed by atoms with Gasteiger partial charge in [-0.1, -0.05) is 32.6 Å². The van der Waals surface area contributed by atoms with E-state index in [1.807, 2.05) is 18.5 Å². The van der Waals surface area contributed by atoms with E-state index >= 15 is 0 Å². The van der Waals surface area contributed by atoms with Gasteiger partial charge in [0.2, 0.25) is 0 Å². The quantitative estimate of drug-likeness (QED) is 0.228. The van der Waals surface area contributed by atoms with E-state index in [-0.39, 0.29) is 24.0 Å². The Morgan fingerprint density at radius 1 is 1.14 bits per heavy atom. The number of nitrogens with zero attached hydrogens (tertiary/aromatic N) is 5. The number of nitrogens with one attached hydrogen (secondary N) is 2. The van der Waals surface area contributed by atoms with E-state index in [1.165, 1.54) is 57.9 Å². The molecular weight excluding hydrogens is 477 g/mol. The fraction of sp³-hybridized carbons (Fsp3) is 0.857. The van der Waals surface area contributed by atoms with E-state index in [1.54, 1.807) is 0 Å². The highest BCUT2D eigenvalue weighted by molar-refractivity contribution is 14.0. The number of aromatic nitrogens is 3. The molecule has 7 nitrogen and oxygen atoms in total. The molecule has 0 aromatic carbocycles. The second-order valence-corrected chi connectivity index (χ2v) is 8.41. The third kappa shape index (κ3) is 7.38. The zero-order valence-electron chi connectivity index (χ0n) is 18.5. The van der Waals surface area contributed by atoms with Crippen molar-refractivity contribution in [2.24, 2.45) is 18.0 Å². The van der Waals surface area contributed by atoms with Gasteiger partial charge in [-0.25, -0.2) is 4.99 Å². The first-order valence-electron chi connectivity index (χ1n) is 11.3. The van der Waals surface area contributed by atoms with Crippen LogP contribution in [0.2, 0.25) is 0 Å². The van der Waals surface area contributed by atoms with E-state index in [0.29, 0.717) is 12.6 Å². The Morgan fingerprint density at radius 3 is 2.62 bits per heavy atom. The molecule has 166 valence electrons. The minimum Gasteiger partial charge on any atom is -0.356 e. The number of hydrogen-bond acceptors (Lipinski definition) is 4. The first-order chi connectivity index (χ1) is 13.7. The predicted molar refractivity (Wildman–Crippen MR) is 130 cm³/mol. The van der Waals surface area contributed by atoms with Gasteiger partial charge in [-0.3, -0.25) is 4.90 Å². The van der Waals surface area contributed by atoms with Gasteiger partial charge < -0.3 is 15.2 Å². The summed E-state index contributed by atoms with van der Waals surface area (Å²) in [6.45, 7) is 9.08. The summed E-state index contributed by atoms with van der Waals surface area (Å²) in [7, 11) is 2.00. The Hall–Kier alpha value is -0.900. The lowest BCUT2D eigenvalue weighted by Gasteiger charge is -2.24. The normalized spacial score (nSPS) is 20.8. The van der Waals surface area contributed by atoms with E-state index in [9.17, 15) is 0 Å². The molecule has 1 aromatic heterocycles. The maximum absolute atomic E-state index is 4.80. The highest BCUT2D eigenvalue weighted by atomic mass is 127. The van der Waals surface area contributed by atoms with Gasteiger partial charge >= 0.3 is 0 Å². The molecule has 0 amide bonds. The van der Waals surface area contributed by atoms with Crippen LogP contribution < -0.4 is 10.6 Å². The molecular formula is C21H40IN7. The highest BCUT2D eigenvalue weighted by Crippen LogP contribution is 2.28. The van der Waals surface area contributed by atoms with Crippen molar-refractivity contribution < 1.29 is 0 Å². The molecule has 1 aliphatic heterocycles. The lowest BCUT2D eigenvalue weighted by atomic mass is 10.0. The largest absolute Gasteiger partial charge is 0.356 e. The van der Waals surface area contributed by atoms with Crippen molar-refractivity contribution in [1.82, 2.24) is 30.3 Å². The molecule has 2 aliphatic rings. The van der Waals surface area contributed by atoms with Crippen LogP contribution in [0.15, 0.2) is 4.99 Å². The predicted octanol–water partition coefficient (Wildman–Crippen LogP) is 3.23. The van der Waals surface area contributed by atoms with Crippen molar-refractivity contribution in [3.63, 3.8) is 0 Å². The molecule has 29 heavy (non-hydrogen) atoms. The van der Waals surface area contributed by atoms with Gasteiger partial charge in [0.15, 0.2) is 11.8 Å². The summed E-state index contributed by atoms with van der Waals surface area (Å²) in [5, 5.41) is 15.5. The Balaban J connectivity index is 0.00000300. The minimum atomic E-state index is 0. The van der Waals surface area contributed by atoms with Gasteiger partial charge in [-0.2, -0.15) is 0 Å². The summed E-state index contributed by atoms with van der Waals surface area (Å²) in [6.07, 6.45) is 10.9. The maximum Gasteiger partial charge on any atom is 0.191 e. The fourth-order valence-corrected chi connectivity index (χ4v) is 4.57. The van der Waals surface area contributed by atoms with E-state index in [4.69, 9.17) is 4.99 Å². The van der Waals surface area contributed by atoms with Crippen LogP contribution in [0, 0.1) is 12.8 Å². The molecule has 1 atom stereocenters. The highest BCUT2D eigenvalue weighted by Gasteiger charge is 2.23. The van der Waals surface area contributed by atoms with Crippen LogP contribution in [0.1, 0.15) is 69.9 Å². The van der Waals surface area contributed by atoms with Gasteiger partial charge in [-0.05, 0) is 51.6 Å². The smallest absolute Gasteiger partial charge is 0.191 e. The van der Waals surface area contributed by atoms with E-state index < -0.39 is 0 Å². The molecule has 1 saturated heterocycles. The van der Waals surface area contributed by atoms with Crippen LogP contribution in [0.3, 0.4) is 0 Å². The molecule has 3 rings (SSSR count). The summed E-state index contributed by atoms with van der Waals surface area (Å²) in [6, 6.07) is 0.618. The first kappa shape index (κ1) is 24.4. The Bertz CT molecular complexity index is 625. The maximum atomic E-state index is 4.80. The van der Waals surface area contributed by atoms with E-state index in [0.717, 1.165) is 43.2 Å². The summed E-state index contributed by atoms with van der Waals surface area (Å²) in [5.74, 6) is 3.69. The van der Waals surface area contributed by atoms with Crippen LogP contribution >= 0.6 is 24.0 Å². The van der Waals surface area contributed by atoms with Crippen LogP contribution in [0.25, 0.3) is 0 Å². The number of rotatable bonds is 9. The van der Waals surface area contributed by atoms with Crippen molar-refractivity contribution in [3.05, 3.63) is 11.6 Å². The number of hydrogen-bond donors (Lipinski definition) is 2. The molecule has 1 saturated carbocycles. The topological polar surface area (TPSA) is 70.4 Å². The summed E-state index contributed by atoms with van der Waals surface area (Å²) < 4.78 is 2.01. The van der Waals surface area contributed by atoms with E-state index in [2.05, 4.69) is 32.7 Å². The Morgan fingerprint density at radius 2 is 1.93 bits per heavy atom. The summed E-state index contributed by atoms with van der Waals surface area (Å²) in [4.78, 5) is 7.37. The van der Waals surface area contributed by atoms with Crippen LogP contribution in [-0.4, -0.2) is 57.8 Å². The second-order valence-electron chi connectivity index (χ2n) is 8.41. The Labute approximate surface area is 193 Å². The number of guanidine groups is 1. The van der Waals surface area contributed by atoms with Gasteiger partial charge in [0.1, 0.15) is 12.4 Å². The number of aliphatic imine (C=N–C) groups is 1. The van der Waals surface area contributed by atoms with Gasteiger partial charge in [0.05, 0.1) is 0 Å². The van der Waals surface area contributed by atoms with Crippen molar-refractivity contribution in [1.29, 1.82) is 0 Å². The molecule has 0 spiro atoms. The molecule has 2 N–H and O–H groups in total.